The second-order valence-electron chi connectivity index (χ2n) is 4.89. The molecule has 4 nitrogen and oxygen atoms in total. The fraction of sp³-hybridized carbons (Fsp3) is 0.692. The average molecular weight is 269 g/mol. The van der Waals surface area contributed by atoms with Gasteiger partial charge in [0.05, 0.1) is 0 Å². The van der Waals surface area contributed by atoms with Crippen LogP contribution in [-0.2, 0) is 0 Å². The first-order valence-electron chi connectivity index (χ1n) is 6.59. The van der Waals surface area contributed by atoms with Crippen molar-refractivity contribution in [2.24, 2.45) is 0 Å². The Hall–Kier alpha value is -0.870. The van der Waals surface area contributed by atoms with Crippen LogP contribution in [0.2, 0.25) is 5.15 Å². The summed E-state index contributed by atoms with van der Waals surface area (Å²) in [4.78, 5) is 13.2. The van der Waals surface area contributed by atoms with Crippen LogP contribution in [0, 0.1) is 6.92 Å². The second-order valence-corrected chi connectivity index (χ2v) is 5.25. The molecule has 0 amide bonds. The summed E-state index contributed by atoms with van der Waals surface area (Å²) in [6.45, 7) is 10.7. The molecule has 0 radical (unpaired) electrons. The van der Waals surface area contributed by atoms with E-state index in [4.69, 9.17) is 11.6 Å². The highest BCUT2D eigenvalue weighted by atomic mass is 35.5. The lowest BCUT2D eigenvalue weighted by atomic mass is 10.2. The number of hydrogen-bond donors (Lipinski definition) is 0. The lowest BCUT2D eigenvalue weighted by Crippen LogP contribution is -2.49. The van der Waals surface area contributed by atoms with Gasteiger partial charge in [0.15, 0.2) is 0 Å². The number of anilines is 1. The predicted molar refractivity (Wildman–Crippen MR) is 75.3 cm³/mol. The maximum Gasteiger partial charge on any atom is 0.137 e. The minimum Gasteiger partial charge on any atom is -0.354 e. The van der Waals surface area contributed by atoms with Crippen molar-refractivity contribution in [2.75, 3.05) is 31.1 Å². The zero-order chi connectivity index (χ0) is 13.1. The van der Waals surface area contributed by atoms with E-state index in [1.807, 2.05) is 6.92 Å². The Balaban J connectivity index is 2.03. The summed E-state index contributed by atoms with van der Waals surface area (Å²) in [5, 5.41) is 0.560. The van der Waals surface area contributed by atoms with Crippen LogP contribution in [-0.4, -0.2) is 47.1 Å². The van der Waals surface area contributed by atoms with Crippen molar-refractivity contribution >= 4 is 17.4 Å². The molecule has 5 heteroatoms. The number of aromatic nitrogens is 2. The first-order valence-corrected chi connectivity index (χ1v) is 6.97. The van der Waals surface area contributed by atoms with Crippen molar-refractivity contribution in [2.45, 2.75) is 33.2 Å². The van der Waals surface area contributed by atoms with Crippen LogP contribution in [0.1, 0.15) is 25.8 Å². The third-order valence-electron chi connectivity index (χ3n) is 3.82. The average Bonchev–Trinajstić information content (AvgIpc) is 2.41. The van der Waals surface area contributed by atoms with Gasteiger partial charge in [-0.25, -0.2) is 9.97 Å². The SMILES string of the molecule is CCC(C)N1CCN(c2ncnc(Cl)c2C)CC1. The molecule has 0 spiro atoms. The van der Waals surface area contributed by atoms with Crippen LogP contribution in [0.25, 0.3) is 0 Å². The lowest BCUT2D eigenvalue weighted by Gasteiger charge is -2.38. The second kappa shape index (κ2) is 5.85. The van der Waals surface area contributed by atoms with Crippen molar-refractivity contribution in [1.29, 1.82) is 0 Å². The summed E-state index contributed by atoms with van der Waals surface area (Å²) in [5.74, 6) is 0.985. The molecule has 0 saturated carbocycles. The van der Waals surface area contributed by atoms with E-state index in [0.717, 1.165) is 37.6 Å². The maximum absolute atomic E-state index is 6.05. The van der Waals surface area contributed by atoms with Crippen LogP contribution in [0.4, 0.5) is 5.82 Å². The Morgan fingerprint density at radius 2 is 1.94 bits per heavy atom. The molecule has 1 aliphatic rings. The lowest BCUT2D eigenvalue weighted by molar-refractivity contribution is 0.192. The molecule has 0 N–H and O–H groups in total. The minimum atomic E-state index is 0.560. The highest BCUT2D eigenvalue weighted by Crippen LogP contribution is 2.23. The summed E-state index contributed by atoms with van der Waals surface area (Å²) < 4.78 is 0. The van der Waals surface area contributed by atoms with Crippen molar-refractivity contribution in [1.82, 2.24) is 14.9 Å². The largest absolute Gasteiger partial charge is 0.354 e. The van der Waals surface area contributed by atoms with E-state index in [2.05, 4.69) is 33.6 Å². The summed E-state index contributed by atoms with van der Waals surface area (Å²) in [7, 11) is 0. The van der Waals surface area contributed by atoms with Crippen LogP contribution < -0.4 is 4.90 Å². The number of rotatable bonds is 3. The molecule has 18 heavy (non-hydrogen) atoms. The van der Waals surface area contributed by atoms with Crippen molar-refractivity contribution in [3.63, 3.8) is 0 Å². The summed E-state index contributed by atoms with van der Waals surface area (Å²) in [6, 6.07) is 0.669. The number of piperazine rings is 1. The molecule has 1 aromatic heterocycles. The predicted octanol–water partition coefficient (Wildman–Crippen LogP) is 2.36. The van der Waals surface area contributed by atoms with Crippen LogP contribution in [0.5, 0.6) is 0 Å². The maximum atomic E-state index is 6.05. The third-order valence-corrected chi connectivity index (χ3v) is 4.20. The Bertz CT molecular complexity index is 402. The fourth-order valence-corrected chi connectivity index (χ4v) is 2.50. The fourth-order valence-electron chi connectivity index (χ4n) is 2.37. The molecular weight excluding hydrogens is 248 g/mol. The third kappa shape index (κ3) is 2.75. The van der Waals surface area contributed by atoms with Crippen molar-refractivity contribution in [3.05, 3.63) is 17.0 Å². The van der Waals surface area contributed by atoms with Crippen LogP contribution >= 0.6 is 11.6 Å². The molecule has 2 heterocycles. The van der Waals surface area contributed by atoms with Gasteiger partial charge in [-0.2, -0.15) is 0 Å². The molecule has 1 unspecified atom stereocenters. The molecule has 1 fully saturated rings. The normalized spacial score (nSPS) is 19.0. The van der Waals surface area contributed by atoms with Gasteiger partial charge in [0.25, 0.3) is 0 Å². The Morgan fingerprint density at radius 1 is 1.28 bits per heavy atom. The van der Waals surface area contributed by atoms with Crippen molar-refractivity contribution in [3.8, 4) is 0 Å². The van der Waals surface area contributed by atoms with E-state index in [0.29, 0.717) is 11.2 Å². The minimum absolute atomic E-state index is 0.560. The topological polar surface area (TPSA) is 32.3 Å². The highest BCUT2D eigenvalue weighted by molar-refractivity contribution is 6.30. The van der Waals surface area contributed by atoms with Gasteiger partial charge >= 0.3 is 0 Å². The molecule has 0 aliphatic carbocycles. The van der Waals surface area contributed by atoms with Gasteiger partial charge in [0, 0.05) is 37.8 Å². The zero-order valence-electron chi connectivity index (χ0n) is 11.4. The van der Waals surface area contributed by atoms with Crippen molar-refractivity contribution < 1.29 is 0 Å². The summed E-state index contributed by atoms with van der Waals surface area (Å²) in [6.07, 6.45) is 2.75. The van der Waals surface area contributed by atoms with E-state index in [9.17, 15) is 0 Å². The smallest absolute Gasteiger partial charge is 0.137 e. The van der Waals surface area contributed by atoms with Crippen LogP contribution in [0.15, 0.2) is 6.33 Å². The van der Waals surface area contributed by atoms with Gasteiger partial charge in [-0.3, -0.25) is 4.90 Å². The number of hydrogen-bond acceptors (Lipinski definition) is 4. The molecule has 0 aromatic carbocycles. The summed E-state index contributed by atoms with van der Waals surface area (Å²) in [5.41, 5.74) is 0.983. The standard InChI is InChI=1S/C13H21ClN4/c1-4-10(2)17-5-7-18(8-6-17)13-11(3)12(14)15-9-16-13/h9-10H,4-8H2,1-3H3. The first kappa shape index (κ1) is 13.6. The first-order chi connectivity index (χ1) is 8.63. The van der Waals surface area contributed by atoms with Gasteiger partial charge in [-0.05, 0) is 20.3 Å². The molecule has 1 aromatic rings. The number of halogens is 1. The zero-order valence-corrected chi connectivity index (χ0v) is 12.1. The quantitative estimate of drug-likeness (QED) is 0.788. The molecule has 100 valence electrons. The molecular formula is C13H21ClN4. The molecule has 1 atom stereocenters. The summed E-state index contributed by atoms with van der Waals surface area (Å²) >= 11 is 6.05. The van der Waals surface area contributed by atoms with E-state index < -0.39 is 0 Å². The molecule has 2 rings (SSSR count). The van der Waals surface area contributed by atoms with E-state index in [1.54, 1.807) is 6.33 Å². The number of nitrogens with zero attached hydrogens (tertiary/aromatic N) is 4. The Kier molecular flexibility index (Phi) is 4.40. The molecule has 1 saturated heterocycles. The van der Waals surface area contributed by atoms with Gasteiger partial charge < -0.3 is 4.90 Å². The van der Waals surface area contributed by atoms with Crippen LogP contribution in [0.3, 0.4) is 0 Å². The van der Waals surface area contributed by atoms with E-state index >= 15 is 0 Å². The van der Waals surface area contributed by atoms with Gasteiger partial charge in [-0.1, -0.05) is 18.5 Å². The molecule has 0 bridgehead atoms. The Labute approximate surface area is 114 Å². The van der Waals surface area contributed by atoms with Gasteiger partial charge in [-0.15, -0.1) is 0 Å². The molecule has 1 aliphatic heterocycles. The monoisotopic (exact) mass is 268 g/mol. The van der Waals surface area contributed by atoms with E-state index in [-0.39, 0.29) is 0 Å². The van der Waals surface area contributed by atoms with E-state index in [1.165, 1.54) is 6.42 Å². The Morgan fingerprint density at radius 3 is 2.56 bits per heavy atom. The van der Waals surface area contributed by atoms with Gasteiger partial charge in [0.1, 0.15) is 17.3 Å². The highest BCUT2D eigenvalue weighted by Gasteiger charge is 2.22. The van der Waals surface area contributed by atoms with Gasteiger partial charge in [0.2, 0.25) is 0 Å².